The highest BCUT2D eigenvalue weighted by molar-refractivity contribution is 7.98. The van der Waals surface area contributed by atoms with Gasteiger partial charge in [-0.15, -0.1) is 0 Å². The Morgan fingerprint density at radius 3 is 2.63 bits per heavy atom. The van der Waals surface area contributed by atoms with Gasteiger partial charge in [0, 0.05) is 24.4 Å². The summed E-state index contributed by atoms with van der Waals surface area (Å²) in [6.45, 7) is 0. The van der Waals surface area contributed by atoms with Crippen LogP contribution in [0.4, 0.5) is 19.0 Å². The number of nitrogens with one attached hydrogen (secondary N) is 1. The van der Waals surface area contributed by atoms with Crippen LogP contribution in [0.1, 0.15) is 11.1 Å². The van der Waals surface area contributed by atoms with E-state index in [-0.39, 0.29) is 22.3 Å². The Hall–Kier alpha value is -3.14. The number of thioether (sulfide) groups is 1. The quantitative estimate of drug-likeness (QED) is 0.302. The lowest BCUT2D eigenvalue weighted by atomic mass is 10.2. The van der Waals surface area contributed by atoms with Crippen LogP contribution in [0.15, 0.2) is 46.6 Å². The van der Waals surface area contributed by atoms with Crippen molar-refractivity contribution in [2.24, 2.45) is 0 Å². The summed E-state index contributed by atoms with van der Waals surface area (Å²) in [6, 6.07) is 4.79. The lowest BCUT2D eigenvalue weighted by Gasteiger charge is -2.15. The van der Waals surface area contributed by atoms with Crippen LogP contribution in [0.5, 0.6) is 0 Å². The molecule has 0 aliphatic heterocycles. The Morgan fingerprint density at radius 2 is 1.96 bits per heavy atom. The van der Waals surface area contributed by atoms with Crippen LogP contribution in [0.25, 0.3) is 5.69 Å². The second-order valence-corrected chi connectivity index (χ2v) is 6.26. The lowest BCUT2D eigenvalue weighted by Crippen LogP contribution is -2.28. The fraction of sp³-hybridized carbons (Fsp3) is 0.0588. The number of hydrogen-bond acceptors (Lipinski definition) is 6. The average Bonchev–Trinajstić information content (AvgIpc) is 2.66. The summed E-state index contributed by atoms with van der Waals surface area (Å²) in [5.74, 6) is -4.01. The van der Waals surface area contributed by atoms with E-state index < -0.39 is 28.7 Å². The molecule has 10 heteroatoms. The number of benzene rings is 1. The van der Waals surface area contributed by atoms with E-state index in [0.29, 0.717) is 22.9 Å². The molecule has 0 unspecified atom stereocenters. The molecule has 2 aromatic heterocycles. The third-order valence-electron chi connectivity index (χ3n) is 3.60. The van der Waals surface area contributed by atoms with Gasteiger partial charge in [0.25, 0.3) is 5.56 Å². The zero-order chi connectivity index (χ0) is 19.6. The van der Waals surface area contributed by atoms with Crippen molar-refractivity contribution < 1.29 is 13.2 Å². The molecule has 0 saturated carbocycles. The van der Waals surface area contributed by atoms with E-state index in [1.807, 2.05) is 0 Å². The summed E-state index contributed by atoms with van der Waals surface area (Å²) in [4.78, 5) is 20.6. The molecule has 0 bridgehead atoms. The van der Waals surface area contributed by atoms with Crippen molar-refractivity contribution >= 4 is 23.8 Å². The monoisotopic (exact) mass is 391 g/mol. The fourth-order valence-electron chi connectivity index (χ4n) is 2.31. The van der Waals surface area contributed by atoms with Crippen molar-refractivity contribution in [1.82, 2.24) is 14.5 Å². The maximum absolute atomic E-state index is 14.3. The number of nitrogens with zero attached hydrogens (tertiary/aromatic N) is 3. The van der Waals surface area contributed by atoms with Crippen LogP contribution in [0, 0.1) is 22.9 Å². The lowest BCUT2D eigenvalue weighted by molar-refractivity contribution is 0.482. The maximum atomic E-state index is 14.3. The Bertz CT molecular complexity index is 1070. The number of aromatic nitrogens is 3. The van der Waals surface area contributed by atoms with Crippen molar-refractivity contribution in [3.63, 3.8) is 0 Å². The highest BCUT2D eigenvalue weighted by Crippen LogP contribution is 2.27. The number of pyridine rings is 1. The Labute approximate surface area is 155 Å². The van der Waals surface area contributed by atoms with Gasteiger partial charge in [-0.1, -0.05) is 17.8 Å². The summed E-state index contributed by atoms with van der Waals surface area (Å²) < 4.78 is 42.8. The van der Waals surface area contributed by atoms with Gasteiger partial charge in [-0.2, -0.15) is 0 Å². The van der Waals surface area contributed by atoms with Gasteiger partial charge in [0.2, 0.25) is 0 Å². The predicted octanol–water partition coefficient (Wildman–Crippen LogP) is 2.92. The first-order chi connectivity index (χ1) is 12.9. The van der Waals surface area contributed by atoms with Crippen molar-refractivity contribution in [3.05, 3.63) is 75.6 Å². The van der Waals surface area contributed by atoms with Crippen LogP contribution < -0.4 is 11.3 Å². The molecule has 0 saturated heterocycles. The van der Waals surface area contributed by atoms with Crippen LogP contribution in [0.3, 0.4) is 0 Å². The van der Waals surface area contributed by atoms with Crippen molar-refractivity contribution in [1.29, 1.82) is 5.41 Å². The van der Waals surface area contributed by atoms with E-state index >= 15 is 0 Å². The number of anilines is 1. The molecule has 0 atom stereocenters. The molecule has 0 aliphatic carbocycles. The average molecular weight is 391 g/mol. The van der Waals surface area contributed by atoms with Gasteiger partial charge in [-0.3, -0.25) is 9.78 Å². The Kier molecular flexibility index (Phi) is 5.26. The second kappa shape index (κ2) is 7.62. The molecular weight excluding hydrogens is 379 g/mol. The van der Waals surface area contributed by atoms with E-state index in [4.69, 9.17) is 11.1 Å². The van der Waals surface area contributed by atoms with Gasteiger partial charge in [0.15, 0.2) is 22.6 Å². The molecule has 27 heavy (non-hydrogen) atoms. The molecule has 0 spiro atoms. The zero-order valence-corrected chi connectivity index (χ0v) is 14.4. The zero-order valence-electron chi connectivity index (χ0n) is 13.6. The van der Waals surface area contributed by atoms with E-state index in [1.165, 1.54) is 0 Å². The molecule has 0 amide bonds. The molecule has 0 radical (unpaired) electrons. The van der Waals surface area contributed by atoms with E-state index in [0.717, 1.165) is 17.3 Å². The van der Waals surface area contributed by atoms with Crippen LogP contribution in [-0.4, -0.2) is 20.7 Å². The number of rotatable bonds is 5. The minimum absolute atomic E-state index is 0.143. The molecule has 6 nitrogen and oxygen atoms in total. The molecule has 0 aliphatic rings. The van der Waals surface area contributed by atoms with Gasteiger partial charge >= 0.3 is 0 Å². The minimum atomic E-state index is -1.54. The van der Waals surface area contributed by atoms with E-state index in [9.17, 15) is 18.0 Å². The third-order valence-corrected chi connectivity index (χ3v) is 4.61. The van der Waals surface area contributed by atoms with E-state index in [2.05, 4.69) is 9.97 Å². The largest absolute Gasteiger partial charge is 0.383 e. The second-order valence-electron chi connectivity index (χ2n) is 5.32. The Morgan fingerprint density at radius 1 is 1.22 bits per heavy atom. The van der Waals surface area contributed by atoms with E-state index in [1.54, 1.807) is 24.5 Å². The summed E-state index contributed by atoms with van der Waals surface area (Å²) in [5.41, 5.74) is 4.21. The molecule has 3 rings (SSSR count). The summed E-state index contributed by atoms with van der Waals surface area (Å²) >= 11 is 0.967. The number of nitrogens with two attached hydrogens (primary N) is 1. The summed E-state index contributed by atoms with van der Waals surface area (Å²) in [5, 5.41) is 7.16. The number of halogens is 3. The minimum Gasteiger partial charge on any atom is -0.383 e. The molecule has 138 valence electrons. The van der Waals surface area contributed by atoms with Gasteiger partial charge in [-0.05, 0) is 23.8 Å². The van der Waals surface area contributed by atoms with Gasteiger partial charge in [0.05, 0.1) is 0 Å². The molecule has 2 heterocycles. The topological polar surface area (TPSA) is 97.7 Å². The SMILES string of the molecule is N=Cc1c(N)nc(SCc2cccnc2)n(-c2c(F)ccc(F)c2F)c1=O. The molecular formula is C17H12F3N5OS. The highest BCUT2D eigenvalue weighted by atomic mass is 32.2. The fourth-order valence-corrected chi connectivity index (χ4v) is 3.25. The van der Waals surface area contributed by atoms with Gasteiger partial charge < -0.3 is 11.1 Å². The first-order valence-electron chi connectivity index (χ1n) is 7.52. The Balaban J connectivity index is 2.21. The normalized spacial score (nSPS) is 10.8. The smallest absolute Gasteiger partial charge is 0.269 e. The first-order valence-corrected chi connectivity index (χ1v) is 8.51. The number of nitrogen functional groups attached to an aromatic ring is 1. The summed E-state index contributed by atoms with van der Waals surface area (Å²) in [6.07, 6.45) is 3.79. The van der Waals surface area contributed by atoms with Crippen LogP contribution >= 0.6 is 11.8 Å². The predicted molar refractivity (Wildman–Crippen MR) is 95.8 cm³/mol. The van der Waals surface area contributed by atoms with Crippen molar-refractivity contribution in [3.8, 4) is 5.69 Å². The maximum Gasteiger partial charge on any atom is 0.269 e. The van der Waals surface area contributed by atoms with Crippen molar-refractivity contribution in [2.45, 2.75) is 10.9 Å². The molecule has 1 aromatic carbocycles. The van der Waals surface area contributed by atoms with Crippen LogP contribution in [-0.2, 0) is 5.75 Å². The molecule has 0 fully saturated rings. The van der Waals surface area contributed by atoms with Crippen LogP contribution in [0.2, 0.25) is 0 Å². The van der Waals surface area contributed by atoms with Gasteiger partial charge in [-0.25, -0.2) is 22.7 Å². The third kappa shape index (κ3) is 3.56. The van der Waals surface area contributed by atoms with Gasteiger partial charge in [0.1, 0.15) is 17.1 Å². The first kappa shape index (κ1) is 18.6. The van der Waals surface area contributed by atoms with Crippen molar-refractivity contribution in [2.75, 3.05) is 5.73 Å². The highest BCUT2D eigenvalue weighted by Gasteiger charge is 2.23. The summed E-state index contributed by atoms with van der Waals surface area (Å²) in [7, 11) is 0. The molecule has 3 N–H and O–H groups in total. The number of hydrogen-bond donors (Lipinski definition) is 2. The molecule has 3 aromatic rings. The standard InChI is InChI=1S/C17H12F3N5OS/c18-11-3-4-12(19)14(13(11)20)25-16(26)10(6-21)15(22)24-17(25)27-8-9-2-1-5-23-7-9/h1-7,21H,8,22H2.